The van der Waals surface area contributed by atoms with E-state index in [0.29, 0.717) is 31.1 Å². The highest BCUT2D eigenvalue weighted by molar-refractivity contribution is 5.68. The van der Waals surface area contributed by atoms with E-state index in [0.717, 1.165) is 16.5 Å². The molecular weight excluding hydrogens is 456 g/mol. The Bertz CT molecular complexity index is 1200. The van der Waals surface area contributed by atoms with Crippen LogP contribution in [0.15, 0.2) is 29.3 Å². The van der Waals surface area contributed by atoms with Crippen molar-refractivity contribution in [3.63, 3.8) is 0 Å². The number of carbonyl (C=O) groups is 1. The van der Waals surface area contributed by atoms with E-state index in [2.05, 4.69) is 4.98 Å². The molecule has 0 atom stereocenters. The second-order valence-corrected chi connectivity index (χ2v) is 8.22. The molecule has 1 amide bonds. The fourth-order valence-corrected chi connectivity index (χ4v) is 2.90. The minimum atomic E-state index is -0.949. The average molecular weight is 478 g/mol. The van der Waals surface area contributed by atoms with E-state index in [9.17, 15) is 39.9 Å². The SMILES string of the molecule is CC(C)(C)OC(=O)N1CCc2ncc([N+](=O)[O-])cc2C1.Cn1cc([N+](=O)[O-])cc([N+](=O)[O-])c1=O. The Hall–Kier alpha value is -4.43. The van der Waals surface area contributed by atoms with E-state index in [1.165, 1.54) is 19.3 Å². The standard InChI is InChI=1S/C13H17N3O4.C6H5N3O5/c1-13(2,3)20-12(17)15-5-4-11-9(8-15)6-10(7-14-11)16(18)19;1-7-3-4(8(11)12)2-5(6(7)10)9(13)14/h6-7H,4-5,8H2,1-3H3;2-3H,1H3. The number of hydrogen-bond donors (Lipinski definition) is 0. The van der Waals surface area contributed by atoms with Crippen LogP contribution in [0.5, 0.6) is 0 Å². The molecule has 0 aliphatic carbocycles. The first-order chi connectivity index (χ1) is 15.7. The highest BCUT2D eigenvalue weighted by Crippen LogP contribution is 2.23. The molecule has 182 valence electrons. The van der Waals surface area contributed by atoms with Crippen LogP contribution in [0.2, 0.25) is 0 Å². The van der Waals surface area contributed by atoms with E-state index in [-0.39, 0.29) is 5.69 Å². The van der Waals surface area contributed by atoms with Gasteiger partial charge in [0.2, 0.25) is 0 Å². The number of ether oxygens (including phenoxy) is 1. The zero-order valence-electron chi connectivity index (χ0n) is 18.8. The maximum Gasteiger partial charge on any atom is 0.410 e. The Morgan fingerprint density at radius 2 is 1.68 bits per heavy atom. The van der Waals surface area contributed by atoms with Gasteiger partial charge in [-0.2, -0.15) is 0 Å². The normalized spacial score (nSPS) is 12.6. The molecule has 0 spiro atoms. The molecule has 3 rings (SSSR count). The number of nitro groups is 3. The van der Waals surface area contributed by atoms with Crippen LogP contribution >= 0.6 is 0 Å². The summed E-state index contributed by atoms with van der Waals surface area (Å²) in [6.45, 7) is 6.20. The minimum absolute atomic E-state index is 0.0604. The van der Waals surface area contributed by atoms with Gasteiger partial charge in [-0.15, -0.1) is 0 Å². The molecule has 0 aromatic carbocycles. The highest BCUT2D eigenvalue weighted by atomic mass is 16.6. The first-order valence-corrected chi connectivity index (χ1v) is 9.79. The molecule has 0 radical (unpaired) electrons. The second kappa shape index (κ2) is 10.0. The largest absolute Gasteiger partial charge is 0.444 e. The van der Waals surface area contributed by atoms with Crippen molar-refractivity contribution in [2.45, 2.75) is 39.3 Å². The van der Waals surface area contributed by atoms with Gasteiger partial charge >= 0.3 is 17.3 Å². The third kappa shape index (κ3) is 6.54. The van der Waals surface area contributed by atoms with Crippen molar-refractivity contribution in [3.8, 4) is 0 Å². The maximum absolute atomic E-state index is 12.0. The second-order valence-electron chi connectivity index (χ2n) is 8.22. The number of pyridine rings is 2. The average Bonchev–Trinajstić information content (AvgIpc) is 2.73. The molecule has 1 aliphatic rings. The summed E-state index contributed by atoms with van der Waals surface area (Å²) in [5.74, 6) is 0. The summed E-state index contributed by atoms with van der Waals surface area (Å²) < 4.78 is 6.10. The fraction of sp³-hybridized carbons (Fsp3) is 0.421. The summed E-state index contributed by atoms with van der Waals surface area (Å²) >= 11 is 0. The number of aromatic nitrogens is 2. The zero-order chi connectivity index (χ0) is 25.8. The van der Waals surface area contributed by atoms with Gasteiger partial charge in [0, 0.05) is 37.3 Å². The number of nitrogens with zero attached hydrogens (tertiary/aromatic N) is 6. The lowest BCUT2D eigenvalue weighted by molar-refractivity contribution is -0.395. The van der Waals surface area contributed by atoms with Crippen molar-refractivity contribution in [1.29, 1.82) is 0 Å². The molecule has 0 unspecified atom stereocenters. The number of amides is 1. The lowest BCUT2D eigenvalue weighted by Gasteiger charge is -2.30. The molecule has 15 heteroatoms. The van der Waals surface area contributed by atoms with Gasteiger partial charge in [0.1, 0.15) is 17.9 Å². The van der Waals surface area contributed by atoms with Gasteiger partial charge in [-0.1, -0.05) is 0 Å². The molecular formula is C19H22N6O9. The monoisotopic (exact) mass is 478 g/mol. The first-order valence-electron chi connectivity index (χ1n) is 9.79. The Morgan fingerprint density at radius 3 is 2.21 bits per heavy atom. The van der Waals surface area contributed by atoms with Gasteiger partial charge in [0.25, 0.3) is 11.4 Å². The van der Waals surface area contributed by atoms with E-state index >= 15 is 0 Å². The summed E-state index contributed by atoms with van der Waals surface area (Å²) in [6.07, 6.45) is 2.35. The van der Waals surface area contributed by atoms with E-state index in [4.69, 9.17) is 4.74 Å². The van der Waals surface area contributed by atoms with Crippen LogP contribution in [0.25, 0.3) is 0 Å². The van der Waals surface area contributed by atoms with Crippen LogP contribution < -0.4 is 5.56 Å². The molecule has 0 bridgehead atoms. The van der Waals surface area contributed by atoms with Gasteiger partial charge in [-0.05, 0) is 20.8 Å². The van der Waals surface area contributed by atoms with Crippen molar-refractivity contribution >= 4 is 23.2 Å². The molecule has 2 aromatic rings. The smallest absolute Gasteiger partial charge is 0.410 e. The van der Waals surface area contributed by atoms with Gasteiger partial charge in [-0.3, -0.25) is 40.1 Å². The Kier molecular flexibility index (Phi) is 7.61. The molecule has 0 fully saturated rings. The highest BCUT2D eigenvalue weighted by Gasteiger charge is 2.27. The van der Waals surface area contributed by atoms with Crippen molar-refractivity contribution < 1.29 is 24.3 Å². The molecule has 0 N–H and O–H groups in total. The lowest BCUT2D eigenvalue weighted by Crippen LogP contribution is -2.40. The number of rotatable bonds is 3. The topological polar surface area (TPSA) is 194 Å². The molecule has 1 aliphatic heterocycles. The predicted octanol–water partition coefficient (Wildman–Crippen LogP) is 2.48. The molecule has 2 aromatic heterocycles. The van der Waals surface area contributed by atoms with Crippen molar-refractivity contribution in [2.24, 2.45) is 7.05 Å². The van der Waals surface area contributed by atoms with E-state index in [1.54, 1.807) is 25.7 Å². The van der Waals surface area contributed by atoms with E-state index in [1.807, 2.05) is 0 Å². The van der Waals surface area contributed by atoms with Crippen LogP contribution in [0.1, 0.15) is 32.0 Å². The lowest BCUT2D eigenvalue weighted by atomic mass is 10.1. The first kappa shape index (κ1) is 25.8. The van der Waals surface area contributed by atoms with Gasteiger partial charge in [0.05, 0.1) is 27.5 Å². The van der Waals surface area contributed by atoms with Crippen LogP contribution in [0.3, 0.4) is 0 Å². The van der Waals surface area contributed by atoms with Crippen molar-refractivity contribution in [1.82, 2.24) is 14.5 Å². The van der Waals surface area contributed by atoms with Crippen LogP contribution in [0, 0.1) is 30.3 Å². The quantitative estimate of drug-likeness (QED) is 0.467. The molecule has 3 heterocycles. The molecule has 0 saturated carbocycles. The summed E-state index contributed by atoms with van der Waals surface area (Å²) in [5, 5.41) is 31.4. The molecule has 34 heavy (non-hydrogen) atoms. The van der Waals surface area contributed by atoms with Crippen molar-refractivity contribution in [3.05, 3.63) is 76.5 Å². The van der Waals surface area contributed by atoms with Crippen LogP contribution in [-0.2, 0) is 24.8 Å². The van der Waals surface area contributed by atoms with Gasteiger partial charge < -0.3 is 14.2 Å². The summed E-state index contributed by atoms with van der Waals surface area (Å²) in [7, 11) is 1.21. The Labute approximate surface area is 192 Å². The third-order valence-electron chi connectivity index (χ3n) is 4.45. The maximum atomic E-state index is 12.0. The van der Waals surface area contributed by atoms with Crippen LogP contribution in [-0.4, -0.2) is 47.5 Å². The predicted molar refractivity (Wildman–Crippen MR) is 116 cm³/mol. The number of aryl methyl sites for hydroxylation is 1. The summed E-state index contributed by atoms with van der Waals surface area (Å²) in [5.41, 5.74) is -1.28. The number of carbonyl (C=O) groups excluding carboxylic acids is 1. The van der Waals surface area contributed by atoms with Gasteiger partial charge in [-0.25, -0.2) is 4.79 Å². The third-order valence-corrected chi connectivity index (χ3v) is 4.45. The number of hydrogen-bond acceptors (Lipinski definition) is 10. The number of fused-ring (bicyclic) bond motifs is 1. The Balaban J connectivity index is 0.000000257. The zero-order valence-corrected chi connectivity index (χ0v) is 18.8. The molecule has 15 nitrogen and oxygen atoms in total. The van der Waals surface area contributed by atoms with Crippen LogP contribution in [0.4, 0.5) is 21.9 Å². The fourth-order valence-electron chi connectivity index (χ4n) is 2.90. The Morgan fingerprint density at radius 1 is 1.06 bits per heavy atom. The summed E-state index contributed by atoms with van der Waals surface area (Å²) in [4.78, 5) is 57.8. The molecule has 0 saturated heterocycles. The summed E-state index contributed by atoms with van der Waals surface area (Å²) in [6, 6.07) is 2.11. The minimum Gasteiger partial charge on any atom is -0.444 e. The van der Waals surface area contributed by atoms with E-state index < -0.39 is 43.4 Å². The van der Waals surface area contributed by atoms with Crippen molar-refractivity contribution in [2.75, 3.05) is 6.54 Å². The van der Waals surface area contributed by atoms with Gasteiger partial charge in [0.15, 0.2) is 0 Å².